The van der Waals surface area contributed by atoms with Crippen LogP contribution < -0.4 is 4.90 Å². The molecule has 1 fully saturated rings. The molecule has 1 saturated heterocycles. The lowest BCUT2D eigenvalue weighted by Gasteiger charge is -2.40. The number of benzene rings is 1. The average molecular weight is 558 g/mol. The summed E-state index contributed by atoms with van der Waals surface area (Å²) in [5, 5.41) is 11.0. The summed E-state index contributed by atoms with van der Waals surface area (Å²) in [7, 11) is 0. The molecule has 1 aromatic heterocycles. The van der Waals surface area contributed by atoms with Crippen molar-refractivity contribution in [3.05, 3.63) is 52.4 Å². The Morgan fingerprint density at radius 1 is 1.13 bits per heavy atom. The van der Waals surface area contributed by atoms with Gasteiger partial charge in [-0.3, -0.25) is 4.79 Å². The van der Waals surface area contributed by atoms with Gasteiger partial charge in [0.05, 0.1) is 23.8 Å². The Morgan fingerprint density at radius 2 is 1.77 bits per heavy atom. The Balaban J connectivity index is 1.55. The molecule has 212 valence electrons. The number of aromatic nitrogens is 2. The van der Waals surface area contributed by atoms with Gasteiger partial charge in [0.1, 0.15) is 12.1 Å². The molecule has 0 unspecified atom stereocenters. The van der Waals surface area contributed by atoms with Gasteiger partial charge in [-0.25, -0.2) is 14.8 Å². The molecule has 0 bridgehead atoms. The monoisotopic (exact) mass is 557 g/mol. The van der Waals surface area contributed by atoms with E-state index in [4.69, 9.17) is 16.3 Å². The number of hydrogen-bond donors (Lipinski definition) is 1. The maximum Gasteiger partial charge on any atom is 0.410 e. The van der Waals surface area contributed by atoms with Crippen LogP contribution in [0.5, 0.6) is 0 Å². The molecule has 9 nitrogen and oxygen atoms in total. The first-order valence-electron chi connectivity index (χ1n) is 13.7. The summed E-state index contributed by atoms with van der Waals surface area (Å²) in [6, 6.07) is 7.25. The van der Waals surface area contributed by atoms with Gasteiger partial charge in [0.2, 0.25) is 5.91 Å². The number of ether oxygens (including phenoxy) is 1. The normalized spacial score (nSPS) is 20.1. The quantitative estimate of drug-likeness (QED) is 0.547. The van der Waals surface area contributed by atoms with Crippen LogP contribution in [0.3, 0.4) is 0 Å². The topological polar surface area (TPSA) is 99.1 Å². The van der Waals surface area contributed by atoms with Crippen LogP contribution in [0.25, 0.3) is 0 Å². The van der Waals surface area contributed by atoms with E-state index < -0.39 is 23.7 Å². The van der Waals surface area contributed by atoms with E-state index in [2.05, 4.69) is 21.8 Å². The van der Waals surface area contributed by atoms with E-state index in [1.165, 1.54) is 6.33 Å². The smallest absolute Gasteiger partial charge is 0.410 e. The molecule has 1 aromatic carbocycles. The highest BCUT2D eigenvalue weighted by Crippen LogP contribution is 2.42. The van der Waals surface area contributed by atoms with Gasteiger partial charge >= 0.3 is 6.09 Å². The molecule has 0 spiro atoms. The number of rotatable bonds is 6. The number of halogens is 1. The van der Waals surface area contributed by atoms with Crippen molar-refractivity contribution in [2.75, 3.05) is 37.6 Å². The number of hydrogen-bond acceptors (Lipinski definition) is 7. The van der Waals surface area contributed by atoms with Crippen LogP contribution in [-0.4, -0.2) is 81.2 Å². The fraction of sp³-hybridized carbons (Fsp3) is 0.586. The molecule has 3 atom stereocenters. The van der Waals surface area contributed by atoms with Crippen LogP contribution in [0.1, 0.15) is 82.7 Å². The lowest BCUT2D eigenvalue weighted by molar-refractivity contribution is -0.133. The fourth-order valence-electron chi connectivity index (χ4n) is 5.40. The first-order valence-corrected chi connectivity index (χ1v) is 14.0. The Kier molecular flexibility index (Phi) is 8.71. The number of anilines is 1. The van der Waals surface area contributed by atoms with E-state index in [-0.39, 0.29) is 24.5 Å². The molecule has 2 aliphatic rings. The SMILES string of the molecule is CC(C)OC(=O)N(C[C@@H](C(=O)N1CCN(c2ncnc3c2[C@H](C)C[C@H]3O)CC1)c1ccc(Cl)cc1)C(C)(C)C. The van der Waals surface area contributed by atoms with E-state index in [9.17, 15) is 14.7 Å². The Hall–Kier alpha value is -2.91. The number of aliphatic hydroxyl groups is 1. The summed E-state index contributed by atoms with van der Waals surface area (Å²) in [5.41, 5.74) is 1.97. The van der Waals surface area contributed by atoms with Gasteiger partial charge in [0, 0.05) is 48.8 Å². The molecular weight excluding hydrogens is 518 g/mol. The molecule has 2 heterocycles. The van der Waals surface area contributed by atoms with Crippen LogP contribution >= 0.6 is 11.6 Å². The largest absolute Gasteiger partial charge is 0.447 e. The highest BCUT2D eigenvalue weighted by molar-refractivity contribution is 6.30. The summed E-state index contributed by atoms with van der Waals surface area (Å²) in [6.07, 6.45) is 0.884. The number of nitrogens with zero attached hydrogens (tertiary/aromatic N) is 5. The number of fused-ring (bicyclic) bond motifs is 1. The number of amides is 2. The van der Waals surface area contributed by atoms with Crippen LogP contribution in [0, 0.1) is 0 Å². The van der Waals surface area contributed by atoms with Gasteiger partial charge < -0.3 is 24.5 Å². The van der Waals surface area contributed by atoms with Gasteiger partial charge in [0.15, 0.2) is 0 Å². The van der Waals surface area contributed by atoms with Gasteiger partial charge in [0.25, 0.3) is 0 Å². The Labute approximate surface area is 236 Å². The zero-order chi connectivity index (χ0) is 28.5. The van der Waals surface area contributed by atoms with E-state index in [0.29, 0.717) is 43.3 Å². The average Bonchev–Trinajstić information content (AvgIpc) is 3.17. The van der Waals surface area contributed by atoms with Gasteiger partial charge in [-0.1, -0.05) is 30.7 Å². The number of aliphatic hydroxyl groups excluding tert-OH is 1. The predicted octanol–water partition coefficient (Wildman–Crippen LogP) is 4.75. The first kappa shape index (κ1) is 29.1. The van der Waals surface area contributed by atoms with E-state index in [1.807, 2.05) is 51.7 Å². The summed E-state index contributed by atoms with van der Waals surface area (Å²) >= 11 is 6.15. The van der Waals surface area contributed by atoms with Crippen molar-refractivity contribution >= 4 is 29.4 Å². The molecule has 1 aliphatic carbocycles. The van der Waals surface area contributed by atoms with E-state index in [1.54, 1.807) is 17.0 Å². The zero-order valence-electron chi connectivity index (χ0n) is 23.7. The lowest BCUT2D eigenvalue weighted by atomic mass is 9.94. The molecule has 1 aliphatic heterocycles. The van der Waals surface area contributed by atoms with Gasteiger partial charge in [-0.2, -0.15) is 0 Å². The number of carbonyl (C=O) groups is 2. The Morgan fingerprint density at radius 3 is 2.36 bits per heavy atom. The third-order valence-corrected chi connectivity index (χ3v) is 7.72. The summed E-state index contributed by atoms with van der Waals surface area (Å²) in [4.78, 5) is 41.7. The highest BCUT2D eigenvalue weighted by Gasteiger charge is 2.38. The molecule has 4 rings (SSSR count). The van der Waals surface area contributed by atoms with Crippen molar-refractivity contribution in [1.82, 2.24) is 19.8 Å². The third kappa shape index (κ3) is 6.47. The first-order chi connectivity index (χ1) is 18.4. The highest BCUT2D eigenvalue weighted by atomic mass is 35.5. The summed E-state index contributed by atoms with van der Waals surface area (Å²) < 4.78 is 5.54. The summed E-state index contributed by atoms with van der Waals surface area (Å²) in [5.74, 6) is 0.404. The molecule has 0 radical (unpaired) electrons. The molecular formula is C29H40ClN5O4. The Bertz CT molecular complexity index is 1180. The molecule has 0 saturated carbocycles. The van der Waals surface area contributed by atoms with Crippen LogP contribution in [0.2, 0.25) is 5.02 Å². The van der Waals surface area contributed by atoms with Crippen molar-refractivity contribution in [1.29, 1.82) is 0 Å². The van der Waals surface area contributed by atoms with E-state index in [0.717, 1.165) is 16.9 Å². The molecule has 39 heavy (non-hydrogen) atoms. The van der Waals surface area contributed by atoms with Gasteiger partial charge in [-0.15, -0.1) is 0 Å². The van der Waals surface area contributed by atoms with Crippen LogP contribution in [0.4, 0.5) is 10.6 Å². The standard InChI is InChI=1S/C29H40ClN5O4/c1-18(2)39-28(38)35(29(4,5)6)16-22(20-7-9-21(30)10-8-20)27(37)34-13-11-33(12-14-34)26-24-19(3)15-23(36)25(24)31-17-32-26/h7-10,17-19,22-23,36H,11-16H2,1-6H3/t19-,22-,23-/m1/s1. The minimum atomic E-state index is -0.578. The summed E-state index contributed by atoms with van der Waals surface area (Å²) in [6.45, 7) is 14.0. The third-order valence-electron chi connectivity index (χ3n) is 7.47. The van der Waals surface area contributed by atoms with Crippen molar-refractivity contribution in [3.63, 3.8) is 0 Å². The molecule has 2 aromatic rings. The van der Waals surface area contributed by atoms with Crippen LogP contribution in [-0.2, 0) is 9.53 Å². The molecule has 1 N–H and O–H groups in total. The second kappa shape index (κ2) is 11.7. The number of piperazine rings is 1. The molecule has 2 amide bonds. The van der Waals surface area contributed by atoms with Crippen molar-refractivity contribution < 1.29 is 19.4 Å². The lowest BCUT2D eigenvalue weighted by Crippen LogP contribution is -2.54. The van der Waals surface area contributed by atoms with Crippen molar-refractivity contribution in [2.24, 2.45) is 0 Å². The number of carbonyl (C=O) groups excluding carboxylic acids is 2. The minimum Gasteiger partial charge on any atom is -0.447 e. The zero-order valence-corrected chi connectivity index (χ0v) is 24.5. The van der Waals surface area contributed by atoms with Gasteiger partial charge in [-0.05, 0) is 64.7 Å². The second-order valence-electron chi connectivity index (χ2n) is 11.8. The van der Waals surface area contributed by atoms with Crippen molar-refractivity contribution in [2.45, 2.75) is 77.5 Å². The van der Waals surface area contributed by atoms with Crippen LogP contribution in [0.15, 0.2) is 30.6 Å². The predicted molar refractivity (Wildman–Crippen MR) is 151 cm³/mol. The minimum absolute atomic E-state index is 0.0414. The molecule has 10 heteroatoms. The maximum absolute atomic E-state index is 14.1. The van der Waals surface area contributed by atoms with E-state index >= 15 is 0 Å². The maximum atomic E-state index is 14.1. The fourth-order valence-corrected chi connectivity index (χ4v) is 5.53. The second-order valence-corrected chi connectivity index (χ2v) is 12.2. The van der Waals surface area contributed by atoms with Crippen molar-refractivity contribution in [3.8, 4) is 0 Å².